The number of fused-ring (bicyclic) bond motifs is 3. The molecule has 1 aromatic heterocycles. The van der Waals surface area contributed by atoms with E-state index in [1.54, 1.807) is 26.2 Å². The van der Waals surface area contributed by atoms with Gasteiger partial charge in [-0.2, -0.15) is 13.2 Å². The number of carbonyl (C=O) groups is 3. The molecular weight excluding hydrogens is 748 g/mol. The maximum absolute atomic E-state index is 14.5. The fourth-order valence-corrected chi connectivity index (χ4v) is 9.76. The van der Waals surface area contributed by atoms with Crippen molar-refractivity contribution in [1.29, 1.82) is 0 Å². The number of ether oxygens (including phenoxy) is 2. The van der Waals surface area contributed by atoms with Gasteiger partial charge < -0.3 is 25.0 Å². The molecule has 17 heteroatoms. The number of nitrogens with one attached hydrogen (secondary N) is 3. The molecule has 54 heavy (non-hydrogen) atoms. The van der Waals surface area contributed by atoms with Gasteiger partial charge in [-0.15, -0.1) is 0 Å². The van der Waals surface area contributed by atoms with Gasteiger partial charge in [0.25, 0.3) is 11.1 Å². The smallest absolute Gasteiger partial charge is 0.416 e. The van der Waals surface area contributed by atoms with Gasteiger partial charge in [0, 0.05) is 12.1 Å². The van der Waals surface area contributed by atoms with Crippen molar-refractivity contribution in [3.8, 4) is 10.9 Å². The number of carbonyl (C=O) groups excluding carboxylic acids is 3. The quantitative estimate of drug-likeness (QED) is 0.258. The second-order valence-electron chi connectivity index (χ2n) is 15.2. The highest BCUT2D eigenvalue weighted by Crippen LogP contribution is 2.49. The topological polar surface area (TPSA) is 156 Å². The highest BCUT2D eigenvalue weighted by Gasteiger charge is 2.63. The van der Waals surface area contributed by atoms with Crippen LogP contribution in [0.3, 0.4) is 0 Å². The first-order valence-corrected chi connectivity index (χ1v) is 20.7. The highest BCUT2D eigenvalue weighted by atomic mass is 32.2. The first-order valence-electron chi connectivity index (χ1n) is 18.4. The SMILES string of the molecule is COc1ccc2nc(O[C@@H]3C[C@H]4C(=O)N[C@]5(C(=O)NS(=O)(=O)C6(C)CC6)C[C@H]5CCCCCCC[C@H](Nc5cccc(C(F)(F)F)c5)C(=O)N4C3)sc2c1. The van der Waals surface area contributed by atoms with Crippen LogP contribution in [0.25, 0.3) is 10.2 Å². The summed E-state index contributed by atoms with van der Waals surface area (Å²) in [5.41, 5.74) is -1.55. The van der Waals surface area contributed by atoms with Crippen LogP contribution in [0.4, 0.5) is 18.9 Å². The number of methoxy groups -OCH3 is 1. The Morgan fingerprint density at radius 1 is 1.06 bits per heavy atom. The normalized spacial score (nSPS) is 27.5. The second-order valence-corrected chi connectivity index (χ2v) is 18.4. The van der Waals surface area contributed by atoms with Crippen molar-refractivity contribution in [1.82, 2.24) is 19.9 Å². The molecule has 7 rings (SSSR count). The fourth-order valence-electron chi connectivity index (χ4n) is 7.54. The van der Waals surface area contributed by atoms with Crippen molar-refractivity contribution in [2.75, 3.05) is 19.0 Å². The number of thiazole rings is 1. The minimum atomic E-state index is -4.59. The molecule has 5 atom stereocenters. The Bertz CT molecular complexity index is 2040. The second kappa shape index (κ2) is 14.5. The third-order valence-corrected chi connectivity index (χ3v) is 14.3. The van der Waals surface area contributed by atoms with E-state index in [0.29, 0.717) is 48.6 Å². The number of anilines is 1. The molecule has 3 aromatic rings. The van der Waals surface area contributed by atoms with Crippen LogP contribution >= 0.6 is 11.3 Å². The zero-order chi connectivity index (χ0) is 38.5. The van der Waals surface area contributed by atoms with Gasteiger partial charge >= 0.3 is 6.18 Å². The minimum Gasteiger partial charge on any atom is -0.497 e. The molecule has 2 aliphatic carbocycles. The summed E-state index contributed by atoms with van der Waals surface area (Å²) in [5.74, 6) is -1.57. The van der Waals surface area contributed by atoms with E-state index in [9.17, 15) is 36.0 Å². The van der Waals surface area contributed by atoms with Gasteiger partial charge in [-0.05, 0) is 81.3 Å². The molecule has 0 unspecified atom stereocenters. The van der Waals surface area contributed by atoms with Gasteiger partial charge in [-0.25, -0.2) is 13.4 Å². The summed E-state index contributed by atoms with van der Waals surface area (Å²) in [5, 5.41) is 6.24. The molecule has 4 fully saturated rings. The standard InChI is InChI=1S/C37H44F3N5O7S2/c1-35(15-16-35)54(49,50)44-33(48)36-20-23(36)9-6-4-3-5-7-12-28(41-24-11-8-10-22(17-24)37(38,39)40)32(47)45-21-26(18-29(45)31(46)43-36)52-34-42-27-14-13-25(51-2)19-30(27)53-34/h8,10-11,13-14,17,19,23,26,28-29,41H,3-7,9,12,15-16,18,20-21H2,1-2H3,(H,43,46)(H,44,48)/t23-,26-,28+,29+,36-/m1/s1. The predicted octanol–water partition coefficient (Wildman–Crippen LogP) is 5.77. The van der Waals surface area contributed by atoms with Gasteiger partial charge in [0.15, 0.2) is 0 Å². The third kappa shape index (κ3) is 7.84. The third-order valence-electron chi connectivity index (χ3n) is 11.3. The molecule has 3 N–H and O–H groups in total. The lowest BCUT2D eigenvalue weighted by Gasteiger charge is -2.30. The Hall–Kier alpha value is -4.12. The Morgan fingerprint density at radius 3 is 2.52 bits per heavy atom. The number of nitrogens with zero attached hydrogens (tertiary/aromatic N) is 2. The van der Waals surface area contributed by atoms with Gasteiger partial charge in [-0.3, -0.25) is 19.1 Å². The average molecular weight is 792 g/mol. The number of rotatable bonds is 8. The molecule has 12 nitrogen and oxygen atoms in total. The van der Waals surface area contributed by atoms with Crippen LogP contribution in [0.5, 0.6) is 10.9 Å². The summed E-state index contributed by atoms with van der Waals surface area (Å²) < 4.78 is 80.7. The van der Waals surface area contributed by atoms with Crippen molar-refractivity contribution in [3.63, 3.8) is 0 Å². The Morgan fingerprint density at radius 2 is 1.80 bits per heavy atom. The largest absolute Gasteiger partial charge is 0.497 e. The number of benzene rings is 2. The van der Waals surface area contributed by atoms with E-state index in [4.69, 9.17) is 9.47 Å². The van der Waals surface area contributed by atoms with Crippen molar-refractivity contribution in [2.45, 2.75) is 112 Å². The van der Waals surface area contributed by atoms with Crippen LogP contribution in [-0.4, -0.2) is 78.2 Å². The Kier molecular flexibility index (Phi) is 10.3. The highest BCUT2D eigenvalue weighted by molar-refractivity contribution is 7.91. The number of sulfonamides is 1. The molecule has 4 aliphatic rings. The summed E-state index contributed by atoms with van der Waals surface area (Å²) in [6.45, 7) is 1.54. The maximum Gasteiger partial charge on any atom is 0.416 e. The summed E-state index contributed by atoms with van der Waals surface area (Å²) in [6.07, 6.45) is 0.534. The number of hydrogen-bond donors (Lipinski definition) is 3. The summed E-state index contributed by atoms with van der Waals surface area (Å²) >= 11 is 1.27. The van der Waals surface area contributed by atoms with Crippen LogP contribution in [-0.2, 0) is 30.6 Å². The van der Waals surface area contributed by atoms with Gasteiger partial charge in [-0.1, -0.05) is 49.5 Å². The lowest BCUT2D eigenvalue weighted by molar-refractivity contribution is -0.140. The predicted molar refractivity (Wildman–Crippen MR) is 196 cm³/mol. The number of amides is 3. The van der Waals surface area contributed by atoms with Crippen LogP contribution in [0.2, 0.25) is 0 Å². The zero-order valence-electron chi connectivity index (χ0n) is 30.0. The van der Waals surface area contributed by atoms with E-state index in [1.165, 1.54) is 28.4 Å². The minimum absolute atomic E-state index is 0.0336. The van der Waals surface area contributed by atoms with Crippen LogP contribution in [0, 0.1) is 5.92 Å². The van der Waals surface area contributed by atoms with Crippen LogP contribution in [0.15, 0.2) is 42.5 Å². The number of alkyl halides is 3. The molecule has 292 valence electrons. The number of aromatic nitrogens is 1. The van der Waals surface area contributed by atoms with E-state index in [1.807, 2.05) is 6.07 Å². The maximum atomic E-state index is 14.5. The lowest BCUT2D eigenvalue weighted by Crippen LogP contribution is -2.58. The fraction of sp³-hybridized carbons (Fsp3) is 0.568. The monoisotopic (exact) mass is 791 g/mol. The van der Waals surface area contributed by atoms with E-state index in [0.717, 1.165) is 42.5 Å². The van der Waals surface area contributed by atoms with Crippen molar-refractivity contribution in [2.24, 2.45) is 5.92 Å². The van der Waals surface area contributed by atoms with Crippen LogP contribution < -0.4 is 24.8 Å². The first kappa shape index (κ1) is 38.2. The Labute approximate surface area is 315 Å². The van der Waals surface area contributed by atoms with Crippen molar-refractivity contribution >= 4 is 55.0 Å². The van der Waals surface area contributed by atoms with E-state index < -0.39 is 68.0 Å². The zero-order valence-corrected chi connectivity index (χ0v) is 31.7. The Balaban J connectivity index is 1.18. The molecule has 2 saturated heterocycles. The molecule has 0 bridgehead atoms. The number of halogens is 3. The first-order chi connectivity index (χ1) is 25.6. The molecule has 3 heterocycles. The van der Waals surface area contributed by atoms with Gasteiger partial charge in [0.2, 0.25) is 21.8 Å². The van der Waals surface area contributed by atoms with Crippen molar-refractivity contribution in [3.05, 3.63) is 48.0 Å². The van der Waals surface area contributed by atoms with Crippen LogP contribution in [0.1, 0.15) is 83.1 Å². The van der Waals surface area contributed by atoms with Crippen molar-refractivity contribution < 1.29 is 45.4 Å². The molecule has 2 saturated carbocycles. The van der Waals surface area contributed by atoms with Gasteiger partial charge in [0.1, 0.15) is 29.5 Å². The molecule has 0 radical (unpaired) electrons. The van der Waals surface area contributed by atoms with E-state index in [-0.39, 0.29) is 31.0 Å². The summed E-state index contributed by atoms with van der Waals surface area (Å²) in [4.78, 5) is 48.7. The lowest BCUT2D eigenvalue weighted by atomic mass is 10.0. The van der Waals surface area contributed by atoms with Gasteiger partial charge in [0.05, 0.1) is 34.2 Å². The molecule has 2 aromatic carbocycles. The molecule has 2 aliphatic heterocycles. The molecule has 3 amide bonds. The summed E-state index contributed by atoms with van der Waals surface area (Å²) in [7, 11) is -2.44. The molecular formula is C37H44F3N5O7S2. The molecule has 0 spiro atoms. The van der Waals surface area contributed by atoms with E-state index >= 15 is 0 Å². The number of hydrogen-bond acceptors (Lipinski definition) is 10. The summed E-state index contributed by atoms with van der Waals surface area (Å²) in [6, 6.07) is 7.92. The average Bonchev–Trinajstić information content (AvgIpc) is 3.94. The van der Waals surface area contributed by atoms with E-state index in [2.05, 4.69) is 20.3 Å².